The first kappa shape index (κ1) is 14.4. The molecule has 1 aromatic carbocycles. The van der Waals surface area contributed by atoms with Crippen LogP contribution in [0.1, 0.15) is 38.5 Å². The lowest BCUT2D eigenvalue weighted by molar-refractivity contribution is 0.275. The number of fused-ring (bicyclic) bond motifs is 1. The molecule has 0 radical (unpaired) electrons. The number of anilines is 1. The van der Waals surface area contributed by atoms with Crippen LogP contribution in [-0.4, -0.2) is 24.5 Å². The molecule has 0 spiro atoms. The summed E-state index contributed by atoms with van der Waals surface area (Å²) in [6, 6.07) is 11.6. The SMILES string of the molecule is CN1C2=CC(C3CCC3)N(c3ccccc3)CC2=CC2=C1CCC2. The molecule has 0 bridgehead atoms. The molecule has 2 heteroatoms. The van der Waals surface area contributed by atoms with Crippen molar-refractivity contribution in [3.8, 4) is 0 Å². The van der Waals surface area contributed by atoms with Crippen LogP contribution in [0, 0.1) is 5.92 Å². The van der Waals surface area contributed by atoms with E-state index < -0.39 is 0 Å². The van der Waals surface area contributed by atoms with Crippen LogP contribution in [-0.2, 0) is 0 Å². The predicted octanol–water partition coefficient (Wildman–Crippen LogP) is 4.87. The first-order chi connectivity index (χ1) is 11.8. The zero-order valence-corrected chi connectivity index (χ0v) is 14.5. The van der Waals surface area contributed by atoms with Gasteiger partial charge >= 0.3 is 0 Å². The fraction of sp³-hybridized carbons (Fsp3) is 0.455. The third kappa shape index (κ3) is 2.16. The van der Waals surface area contributed by atoms with E-state index in [1.54, 1.807) is 11.3 Å². The Bertz CT molecular complexity index is 736. The number of hydrogen-bond donors (Lipinski definition) is 0. The van der Waals surface area contributed by atoms with Gasteiger partial charge in [0.1, 0.15) is 0 Å². The Balaban J connectivity index is 1.57. The average molecular weight is 318 g/mol. The molecule has 124 valence electrons. The highest BCUT2D eigenvalue weighted by Crippen LogP contribution is 2.43. The highest BCUT2D eigenvalue weighted by molar-refractivity contribution is 5.58. The normalized spacial score (nSPS) is 26.6. The number of benzene rings is 1. The Morgan fingerprint density at radius 2 is 1.83 bits per heavy atom. The van der Waals surface area contributed by atoms with Crippen LogP contribution < -0.4 is 4.90 Å². The summed E-state index contributed by atoms with van der Waals surface area (Å²) in [5.41, 5.74) is 7.53. The molecule has 1 unspecified atom stereocenters. The van der Waals surface area contributed by atoms with E-state index >= 15 is 0 Å². The summed E-state index contributed by atoms with van der Waals surface area (Å²) in [7, 11) is 2.29. The second-order valence-corrected chi connectivity index (χ2v) is 7.75. The van der Waals surface area contributed by atoms with Gasteiger partial charge in [-0.2, -0.15) is 0 Å². The Kier molecular flexibility index (Phi) is 3.32. The number of likely N-dealkylation sites (N-methyl/N-ethyl adjacent to an activating group) is 1. The molecule has 4 aliphatic rings. The topological polar surface area (TPSA) is 6.48 Å². The van der Waals surface area contributed by atoms with E-state index in [1.165, 1.54) is 55.5 Å². The van der Waals surface area contributed by atoms with Crippen molar-refractivity contribution in [2.75, 3.05) is 18.5 Å². The van der Waals surface area contributed by atoms with Crippen molar-refractivity contribution in [3.63, 3.8) is 0 Å². The second-order valence-electron chi connectivity index (χ2n) is 7.75. The summed E-state index contributed by atoms with van der Waals surface area (Å²) in [5.74, 6) is 0.826. The average Bonchev–Trinajstić information content (AvgIpc) is 3.03. The zero-order chi connectivity index (χ0) is 16.1. The maximum Gasteiger partial charge on any atom is 0.0528 e. The van der Waals surface area contributed by atoms with Crippen LogP contribution in [0.5, 0.6) is 0 Å². The van der Waals surface area contributed by atoms with Gasteiger partial charge in [0.05, 0.1) is 6.04 Å². The van der Waals surface area contributed by atoms with Crippen LogP contribution >= 0.6 is 0 Å². The molecule has 0 aromatic heterocycles. The maximum absolute atomic E-state index is 2.65. The molecule has 2 aliphatic carbocycles. The third-order valence-corrected chi connectivity index (χ3v) is 6.42. The molecule has 1 atom stereocenters. The van der Waals surface area contributed by atoms with Crippen LogP contribution in [0.2, 0.25) is 0 Å². The van der Waals surface area contributed by atoms with Gasteiger partial charge in [-0.3, -0.25) is 0 Å². The fourth-order valence-corrected chi connectivity index (χ4v) is 4.88. The molecule has 24 heavy (non-hydrogen) atoms. The smallest absolute Gasteiger partial charge is 0.0528 e. The molecule has 2 heterocycles. The van der Waals surface area contributed by atoms with Gasteiger partial charge in [0.15, 0.2) is 0 Å². The van der Waals surface area contributed by atoms with Gasteiger partial charge in [-0.1, -0.05) is 30.7 Å². The summed E-state index contributed by atoms with van der Waals surface area (Å²) in [4.78, 5) is 5.15. The molecular formula is C22H26N2. The van der Waals surface area contributed by atoms with Crippen LogP contribution in [0.4, 0.5) is 5.69 Å². The van der Waals surface area contributed by atoms with Gasteiger partial charge in [-0.15, -0.1) is 0 Å². The molecule has 0 amide bonds. The molecule has 0 saturated heterocycles. The highest BCUT2D eigenvalue weighted by atomic mass is 15.2. The number of hydrogen-bond acceptors (Lipinski definition) is 2. The van der Waals surface area contributed by atoms with E-state index in [2.05, 4.69) is 59.3 Å². The summed E-state index contributed by atoms with van der Waals surface area (Å²) in [6.45, 7) is 1.05. The number of nitrogens with zero attached hydrogens (tertiary/aromatic N) is 2. The van der Waals surface area contributed by atoms with Gasteiger partial charge in [-0.05, 0) is 67.4 Å². The highest BCUT2D eigenvalue weighted by Gasteiger charge is 2.37. The summed E-state index contributed by atoms with van der Waals surface area (Å²) >= 11 is 0. The zero-order valence-electron chi connectivity index (χ0n) is 14.5. The summed E-state index contributed by atoms with van der Waals surface area (Å²) in [5, 5.41) is 0. The van der Waals surface area contributed by atoms with Gasteiger partial charge in [-0.25, -0.2) is 0 Å². The van der Waals surface area contributed by atoms with Crippen molar-refractivity contribution in [1.29, 1.82) is 0 Å². The van der Waals surface area contributed by atoms with E-state index in [9.17, 15) is 0 Å². The minimum atomic E-state index is 0.555. The van der Waals surface area contributed by atoms with Gasteiger partial charge in [0, 0.05) is 30.7 Å². The summed E-state index contributed by atoms with van der Waals surface area (Å²) in [6.07, 6.45) is 13.1. The number of rotatable bonds is 2. The fourth-order valence-electron chi connectivity index (χ4n) is 4.88. The Morgan fingerprint density at radius 1 is 1.00 bits per heavy atom. The Labute approximate surface area is 145 Å². The minimum Gasteiger partial charge on any atom is -0.360 e. The molecule has 1 fully saturated rings. The van der Waals surface area contributed by atoms with Crippen molar-refractivity contribution >= 4 is 5.69 Å². The standard InChI is InChI=1S/C22H26N2/c1-23-20-12-6-9-17(20)13-18-15-24(19-10-3-2-4-11-19)22(14-21(18)23)16-7-5-8-16/h2-4,10-11,13-14,16,22H,5-9,12,15H2,1H3. The molecular weight excluding hydrogens is 292 g/mol. The van der Waals surface area contributed by atoms with Crippen molar-refractivity contribution in [2.45, 2.75) is 44.6 Å². The van der Waals surface area contributed by atoms with Crippen molar-refractivity contribution in [2.24, 2.45) is 5.92 Å². The van der Waals surface area contributed by atoms with E-state index in [1.807, 2.05) is 0 Å². The second kappa shape index (κ2) is 5.54. The van der Waals surface area contributed by atoms with Crippen molar-refractivity contribution < 1.29 is 0 Å². The molecule has 1 aromatic rings. The molecule has 2 aliphatic heterocycles. The van der Waals surface area contributed by atoms with E-state index in [4.69, 9.17) is 0 Å². The third-order valence-electron chi connectivity index (χ3n) is 6.42. The number of allylic oxidation sites excluding steroid dienone is 3. The maximum atomic E-state index is 2.65. The number of para-hydroxylation sites is 1. The molecule has 1 saturated carbocycles. The van der Waals surface area contributed by atoms with Gasteiger partial charge < -0.3 is 9.80 Å². The van der Waals surface area contributed by atoms with Gasteiger partial charge in [0.2, 0.25) is 0 Å². The minimum absolute atomic E-state index is 0.555. The predicted molar refractivity (Wildman–Crippen MR) is 99.7 cm³/mol. The van der Waals surface area contributed by atoms with E-state index in [0.29, 0.717) is 6.04 Å². The largest absolute Gasteiger partial charge is 0.360 e. The lowest BCUT2D eigenvalue weighted by atomic mass is 9.76. The lowest BCUT2D eigenvalue weighted by Gasteiger charge is -2.47. The quantitative estimate of drug-likeness (QED) is 0.767. The Morgan fingerprint density at radius 3 is 2.58 bits per heavy atom. The van der Waals surface area contributed by atoms with Crippen LogP contribution in [0.15, 0.2) is 65.0 Å². The van der Waals surface area contributed by atoms with Crippen LogP contribution in [0.3, 0.4) is 0 Å². The molecule has 2 nitrogen and oxygen atoms in total. The van der Waals surface area contributed by atoms with Crippen molar-refractivity contribution in [1.82, 2.24) is 4.90 Å². The van der Waals surface area contributed by atoms with E-state index in [-0.39, 0.29) is 0 Å². The van der Waals surface area contributed by atoms with E-state index in [0.717, 1.165) is 12.5 Å². The van der Waals surface area contributed by atoms with Crippen molar-refractivity contribution in [3.05, 3.63) is 65.0 Å². The monoisotopic (exact) mass is 318 g/mol. The summed E-state index contributed by atoms with van der Waals surface area (Å²) < 4.78 is 0. The van der Waals surface area contributed by atoms with Crippen LogP contribution in [0.25, 0.3) is 0 Å². The first-order valence-electron chi connectivity index (χ1n) is 9.51. The lowest BCUT2D eigenvalue weighted by Crippen LogP contribution is -2.47. The molecule has 0 N–H and O–H groups in total. The first-order valence-corrected chi connectivity index (χ1v) is 9.51. The Hall–Kier alpha value is -1.96. The molecule has 5 rings (SSSR count). The van der Waals surface area contributed by atoms with Gasteiger partial charge in [0.25, 0.3) is 0 Å².